The zero-order valence-corrected chi connectivity index (χ0v) is 8.41. The molecule has 0 aliphatic carbocycles. The molecular formula is C13H9FNO. The van der Waals surface area contributed by atoms with Crippen molar-refractivity contribution in [3.05, 3.63) is 66.0 Å². The number of hydrogen-bond acceptors (Lipinski definition) is 1. The van der Waals surface area contributed by atoms with Gasteiger partial charge in [-0.3, -0.25) is 4.79 Å². The van der Waals surface area contributed by atoms with Crippen LogP contribution in [-0.4, -0.2) is 5.91 Å². The van der Waals surface area contributed by atoms with Gasteiger partial charge in [0.2, 0.25) is 0 Å². The highest BCUT2D eigenvalue weighted by Gasteiger charge is 2.05. The molecule has 1 amide bonds. The maximum atomic E-state index is 12.6. The number of carbonyl (C=O) groups excluding carboxylic acids is 1. The molecule has 0 aliphatic rings. The standard InChI is InChI=1S/C13H9FNO/c14-11-8-6-10(7-9-11)13(16)15-12-4-2-1-3-5-12/h2-9H,(H,15,16). The molecule has 0 aromatic heterocycles. The van der Waals surface area contributed by atoms with E-state index < -0.39 is 0 Å². The van der Waals surface area contributed by atoms with Crippen LogP contribution in [0.15, 0.2) is 48.5 Å². The molecule has 1 N–H and O–H groups in total. The Hall–Kier alpha value is -2.16. The van der Waals surface area contributed by atoms with Crippen molar-refractivity contribution in [2.24, 2.45) is 0 Å². The Morgan fingerprint density at radius 2 is 1.69 bits per heavy atom. The summed E-state index contributed by atoms with van der Waals surface area (Å²) in [7, 11) is 0. The lowest BCUT2D eigenvalue weighted by atomic mass is 10.2. The highest BCUT2D eigenvalue weighted by molar-refractivity contribution is 6.04. The van der Waals surface area contributed by atoms with E-state index in [1.54, 1.807) is 24.3 Å². The molecule has 1 radical (unpaired) electrons. The van der Waals surface area contributed by atoms with Crippen molar-refractivity contribution in [3.8, 4) is 0 Å². The predicted molar refractivity (Wildman–Crippen MR) is 59.6 cm³/mol. The number of nitrogens with one attached hydrogen (secondary N) is 1. The number of anilines is 1. The maximum absolute atomic E-state index is 12.6. The van der Waals surface area contributed by atoms with Crippen molar-refractivity contribution in [2.45, 2.75) is 0 Å². The van der Waals surface area contributed by atoms with Crippen LogP contribution in [0.1, 0.15) is 10.4 Å². The van der Waals surface area contributed by atoms with Crippen molar-refractivity contribution in [3.63, 3.8) is 0 Å². The molecule has 2 nitrogen and oxygen atoms in total. The Morgan fingerprint density at radius 1 is 1.06 bits per heavy atom. The largest absolute Gasteiger partial charge is 0.322 e. The van der Waals surface area contributed by atoms with Gasteiger partial charge in [-0.1, -0.05) is 12.1 Å². The summed E-state index contributed by atoms with van der Waals surface area (Å²) in [5.74, 6) is -0.614. The molecule has 0 fully saturated rings. The van der Waals surface area contributed by atoms with Crippen LogP contribution in [0.25, 0.3) is 0 Å². The van der Waals surface area contributed by atoms with Crippen LogP contribution in [0, 0.1) is 11.9 Å². The lowest BCUT2D eigenvalue weighted by molar-refractivity contribution is 0.102. The minimum atomic E-state index is -0.356. The van der Waals surface area contributed by atoms with Gasteiger partial charge < -0.3 is 5.32 Å². The molecule has 3 heteroatoms. The number of amides is 1. The summed E-state index contributed by atoms with van der Waals surface area (Å²) < 4.78 is 12.6. The number of halogens is 1. The molecule has 2 aromatic rings. The zero-order chi connectivity index (χ0) is 11.4. The van der Waals surface area contributed by atoms with Crippen LogP contribution in [0.4, 0.5) is 10.1 Å². The van der Waals surface area contributed by atoms with Crippen molar-refractivity contribution < 1.29 is 9.18 Å². The Morgan fingerprint density at radius 3 is 2.31 bits per heavy atom. The van der Waals surface area contributed by atoms with Gasteiger partial charge in [0.1, 0.15) is 5.82 Å². The Labute approximate surface area is 92.7 Å². The van der Waals surface area contributed by atoms with Gasteiger partial charge in [0.25, 0.3) is 5.91 Å². The van der Waals surface area contributed by atoms with Crippen LogP contribution in [-0.2, 0) is 0 Å². The summed E-state index contributed by atoms with van der Waals surface area (Å²) in [6, 6.07) is 15.1. The molecule has 16 heavy (non-hydrogen) atoms. The fraction of sp³-hybridized carbons (Fsp3) is 0. The van der Waals surface area contributed by atoms with E-state index in [0.717, 1.165) is 0 Å². The molecule has 0 atom stereocenters. The summed E-state index contributed by atoms with van der Waals surface area (Å²) in [4.78, 5) is 11.7. The second-order valence-corrected chi connectivity index (χ2v) is 3.25. The monoisotopic (exact) mass is 214 g/mol. The first-order valence-electron chi connectivity index (χ1n) is 4.79. The van der Waals surface area contributed by atoms with E-state index in [-0.39, 0.29) is 11.7 Å². The van der Waals surface area contributed by atoms with Crippen molar-refractivity contribution in [1.82, 2.24) is 0 Å². The first-order valence-corrected chi connectivity index (χ1v) is 4.79. The lowest BCUT2D eigenvalue weighted by Gasteiger charge is -2.04. The van der Waals surface area contributed by atoms with Gasteiger partial charge in [0.05, 0.1) is 0 Å². The molecule has 2 rings (SSSR count). The van der Waals surface area contributed by atoms with Crippen LogP contribution in [0.2, 0.25) is 0 Å². The SMILES string of the molecule is O=C(Nc1cc[c]cc1)c1ccc(F)cc1. The second-order valence-electron chi connectivity index (χ2n) is 3.25. The fourth-order valence-corrected chi connectivity index (χ4v) is 1.27. The number of carbonyl (C=O) groups is 1. The first kappa shape index (κ1) is 10.4. The van der Waals surface area contributed by atoms with E-state index >= 15 is 0 Å². The Bertz CT molecular complexity index is 479. The van der Waals surface area contributed by atoms with Crippen molar-refractivity contribution >= 4 is 11.6 Å². The highest BCUT2D eigenvalue weighted by atomic mass is 19.1. The summed E-state index contributed by atoms with van der Waals surface area (Å²) in [6.07, 6.45) is 0. The van der Waals surface area contributed by atoms with Crippen molar-refractivity contribution in [2.75, 3.05) is 5.32 Å². The van der Waals surface area contributed by atoms with Crippen LogP contribution < -0.4 is 5.32 Å². The molecule has 0 saturated heterocycles. The number of rotatable bonds is 2. The van der Waals surface area contributed by atoms with Crippen LogP contribution in [0.3, 0.4) is 0 Å². The van der Waals surface area contributed by atoms with Crippen LogP contribution in [0.5, 0.6) is 0 Å². The Balaban J connectivity index is 2.12. The average molecular weight is 214 g/mol. The van der Waals surface area contributed by atoms with Crippen molar-refractivity contribution in [1.29, 1.82) is 0 Å². The molecule has 0 heterocycles. The van der Waals surface area contributed by atoms with E-state index in [0.29, 0.717) is 11.3 Å². The normalized spacial score (nSPS) is 9.81. The summed E-state index contributed by atoms with van der Waals surface area (Å²) >= 11 is 0. The van der Waals surface area contributed by atoms with Gasteiger partial charge in [-0.05, 0) is 42.5 Å². The third-order valence-electron chi connectivity index (χ3n) is 2.08. The molecule has 0 spiro atoms. The molecule has 2 aromatic carbocycles. The second kappa shape index (κ2) is 4.57. The van der Waals surface area contributed by atoms with Gasteiger partial charge in [-0.25, -0.2) is 4.39 Å². The van der Waals surface area contributed by atoms with E-state index in [1.165, 1.54) is 24.3 Å². The summed E-state index contributed by atoms with van der Waals surface area (Å²) in [5.41, 5.74) is 1.11. The first-order chi connectivity index (χ1) is 7.75. The van der Waals surface area contributed by atoms with Gasteiger partial charge in [-0.15, -0.1) is 0 Å². The molecule has 79 valence electrons. The number of benzene rings is 2. The third kappa shape index (κ3) is 2.45. The Kier molecular flexibility index (Phi) is 2.96. The smallest absolute Gasteiger partial charge is 0.255 e. The molecule has 0 unspecified atom stereocenters. The van der Waals surface area contributed by atoms with E-state index in [1.807, 2.05) is 0 Å². The van der Waals surface area contributed by atoms with E-state index in [9.17, 15) is 9.18 Å². The lowest BCUT2D eigenvalue weighted by Crippen LogP contribution is -2.11. The number of hydrogen-bond donors (Lipinski definition) is 1. The minimum absolute atomic E-state index is 0.258. The van der Waals surface area contributed by atoms with E-state index in [2.05, 4.69) is 11.4 Å². The zero-order valence-electron chi connectivity index (χ0n) is 8.41. The van der Waals surface area contributed by atoms with Gasteiger partial charge in [0, 0.05) is 11.3 Å². The van der Waals surface area contributed by atoms with Gasteiger partial charge in [-0.2, -0.15) is 0 Å². The summed E-state index contributed by atoms with van der Waals surface area (Å²) in [5, 5.41) is 2.70. The summed E-state index contributed by atoms with van der Waals surface area (Å²) in [6.45, 7) is 0. The minimum Gasteiger partial charge on any atom is -0.322 e. The maximum Gasteiger partial charge on any atom is 0.255 e. The topological polar surface area (TPSA) is 29.1 Å². The fourth-order valence-electron chi connectivity index (χ4n) is 1.27. The highest BCUT2D eigenvalue weighted by Crippen LogP contribution is 2.08. The van der Waals surface area contributed by atoms with E-state index in [4.69, 9.17) is 0 Å². The predicted octanol–water partition coefficient (Wildman–Crippen LogP) is 2.88. The molecule has 0 bridgehead atoms. The third-order valence-corrected chi connectivity index (χ3v) is 2.08. The molecule has 0 saturated carbocycles. The van der Waals surface area contributed by atoms with Crippen LogP contribution >= 0.6 is 0 Å². The quantitative estimate of drug-likeness (QED) is 0.818. The molecular weight excluding hydrogens is 205 g/mol. The van der Waals surface area contributed by atoms with Gasteiger partial charge >= 0.3 is 0 Å². The average Bonchev–Trinajstić information content (AvgIpc) is 2.31. The van der Waals surface area contributed by atoms with Gasteiger partial charge in [0.15, 0.2) is 0 Å². The molecule has 0 aliphatic heterocycles.